The molecule has 2 saturated carbocycles. The molecule has 0 spiro atoms. The molecule has 0 amide bonds. The SMILES string of the molecule is C=C1CC[C@@H]2[C@](C)(CCC[C@@]2(C)C(=O)O)[C@H]1CCC(C)CC(=O)O. The smallest absolute Gasteiger partial charge is 0.309 e. The largest absolute Gasteiger partial charge is 0.481 e. The molecule has 2 aliphatic rings. The monoisotopic (exact) mass is 336 g/mol. The summed E-state index contributed by atoms with van der Waals surface area (Å²) in [6.07, 6.45) is 6.57. The van der Waals surface area contributed by atoms with E-state index in [0.29, 0.717) is 5.92 Å². The van der Waals surface area contributed by atoms with Crippen LogP contribution >= 0.6 is 0 Å². The van der Waals surface area contributed by atoms with Gasteiger partial charge in [-0.25, -0.2) is 0 Å². The number of fused-ring (bicyclic) bond motifs is 1. The van der Waals surface area contributed by atoms with Gasteiger partial charge in [-0.3, -0.25) is 9.59 Å². The third-order valence-corrected chi connectivity index (χ3v) is 6.98. The van der Waals surface area contributed by atoms with Gasteiger partial charge < -0.3 is 10.2 Å². The van der Waals surface area contributed by atoms with Gasteiger partial charge in [-0.2, -0.15) is 0 Å². The van der Waals surface area contributed by atoms with Crippen LogP contribution in [0.4, 0.5) is 0 Å². The van der Waals surface area contributed by atoms with Gasteiger partial charge in [0.25, 0.3) is 0 Å². The van der Waals surface area contributed by atoms with E-state index in [1.807, 2.05) is 13.8 Å². The predicted molar refractivity (Wildman–Crippen MR) is 93.7 cm³/mol. The van der Waals surface area contributed by atoms with Crippen LogP contribution in [0.5, 0.6) is 0 Å². The molecule has 2 fully saturated rings. The zero-order chi connectivity index (χ0) is 18.1. The maximum atomic E-state index is 12.0. The van der Waals surface area contributed by atoms with E-state index in [-0.39, 0.29) is 23.7 Å². The van der Waals surface area contributed by atoms with E-state index in [0.717, 1.165) is 44.9 Å². The first-order valence-electron chi connectivity index (χ1n) is 9.24. The number of carbonyl (C=O) groups is 2. The number of carboxylic acid groups (broad SMARTS) is 2. The first-order valence-corrected chi connectivity index (χ1v) is 9.24. The number of hydrogen-bond donors (Lipinski definition) is 2. The van der Waals surface area contributed by atoms with Gasteiger partial charge in [-0.05, 0) is 68.6 Å². The van der Waals surface area contributed by atoms with Crippen LogP contribution in [0.15, 0.2) is 12.2 Å². The van der Waals surface area contributed by atoms with Crippen LogP contribution in [-0.2, 0) is 9.59 Å². The summed E-state index contributed by atoms with van der Waals surface area (Å²) in [5.41, 5.74) is 0.577. The molecular weight excluding hydrogens is 304 g/mol. The molecule has 0 radical (unpaired) electrons. The van der Waals surface area contributed by atoms with E-state index in [4.69, 9.17) is 5.11 Å². The molecule has 0 aromatic carbocycles. The van der Waals surface area contributed by atoms with E-state index >= 15 is 0 Å². The molecule has 0 aromatic rings. The van der Waals surface area contributed by atoms with Crippen molar-refractivity contribution in [2.75, 3.05) is 0 Å². The van der Waals surface area contributed by atoms with Crippen LogP contribution in [0.25, 0.3) is 0 Å². The van der Waals surface area contributed by atoms with Crippen molar-refractivity contribution in [3.05, 3.63) is 12.2 Å². The van der Waals surface area contributed by atoms with E-state index < -0.39 is 17.4 Å². The Balaban J connectivity index is 2.19. The zero-order valence-corrected chi connectivity index (χ0v) is 15.3. The van der Waals surface area contributed by atoms with Crippen molar-refractivity contribution in [1.29, 1.82) is 0 Å². The van der Waals surface area contributed by atoms with Gasteiger partial charge >= 0.3 is 11.9 Å². The molecule has 136 valence electrons. The van der Waals surface area contributed by atoms with Crippen molar-refractivity contribution in [3.8, 4) is 0 Å². The van der Waals surface area contributed by atoms with E-state index in [1.165, 1.54) is 5.57 Å². The van der Waals surface area contributed by atoms with Crippen LogP contribution in [0.2, 0.25) is 0 Å². The molecule has 4 nitrogen and oxygen atoms in total. The predicted octanol–water partition coefficient (Wildman–Crippen LogP) is 4.74. The zero-order valence-electron chi connectivity index (χ0n) is 15.3. The Hall–Kier alpha value is -1.32. The van der Waals surface area contributed by atoms with Gasteiger partial charge in [0.15, 0.2) is 0 Å². The Morgan fingerprint density at radius 3 is 2.54 bits per heavy atom. The van der Waals surface area contributed by atoms with Crippen LogP contribution in [0, 0.1) is 28.6 Å². The Bertz CT molecular complexity index is 526. The molecule has 0 aliphatic heterocycles. The van der Waals surface area contributed by atoms with Gasteiger partial charge in [0.2, 0.25) is 0 Å². The minimum absolute atomic E-state index is 0.0241. The fourth-order valence-electron chi connectivity index (χ4n) is 5.59. The molecule has 2 N–H and O–H groups in total. The van der Waals surface area contributed by atoms with E-state index in [2.05, 4.69) is 13.5 Å². The summed E-state index contributed by atoms with van der Waals surface area (Å²) in [6, 6.07) is 0. The fraction of sp³-hybridized carbons (Fsp3) is 0.800. The summed E-state index contributed by atoms with van der Waals surface area (Å²) >= 11 is 0. The second-order valence-corrected chi connectivity index (χ2v) is 8.66. The molecule has 0 aromatic heterocycles. The van der Waals surface area contributed by atoms with Gasteiger partial charge in [0.05, 0.1) is 5.41 Å². The standard InChI is InChI=1S/C20H32O4/c1-13(12-17(21)22)6-8-15-14(2)7-9-16-19(15,3)10-5-11-20(16,4)18(23)24/h13,15-16H,2,5-12H2,1,3-4H3,(H,21,22)(H,23,24)/t13?,15-,16+,19+,20+/m0/s1. The number of rotatable bonds is 6. The topological polar surface area (TPSA) is 74.6 Å². The molecule has 2 aliphatic carbocycles. The van der Waals surface area contributed by atoms with Crippen LogP contribution in [0.3, 0.4) is 0 Å². The van der Waals surface area contributed by atoms with Crippen LogP contribution < -0.4 is 0 Å². The quantitative estimate of drug-likeness (QED) is 0.687. The lowest BCUT2D eigenvalue weighted by Crippen LogP contribution is -2.53. The molecule has 0 bridgehead atoms. The molecular formula is C20H32O4. The maximum Gasteiger partial charge on any atom is 0.309 e. The number of aliphatic carboxylic acids is 2. The van der Waals surface area contributed by atoms with Crippen molar-refractivity contribution in [2.24, 2.45) is 28.6 Å². The summed E-state index contributed by atoms with van der Waals surface area (Å²) in [5, 5.41) is 18.8. The minimum atomic E-state index is -0.745. The summed E-state index contributed by atoms with van der Waals surface area (Å²) in [6.45, 7) is 10.5. The second-order valence-electron chi connectivity index (χ2n) is 8.66. The summed E-state index contributed by atoms with van der Waals surface area (Å²) in [5.74, 6) is -0.768. The lowest BCUT2D eigenvalue weighted by atomic mass is 9.46. The lowest BCUT2D eigenvalue weighted by molar-refractivity contribution is -0.164. The fourth-order valence-corrected chi connectivity index (χ4v) is 5.59. The van der Waals surface area contributed by atoms with Crippen molar-refractivity contribution in [3.63, 3.8) is 0 Å². The first kappa shape index (κ1) is 19.0. The minimum Gasteiger partial charge on any atom is -0.481 e. The number of allylic oxidation sites excluding steroid dienone is 1. The highest BCUT2D eigenvalue weighted by atomic mass is 16.4. The molecule has 5 atom stereocenters. The Morgan fingerprint density at radius 1 is 1.29 bits per heavy atom. The lowest BCUT2D eigenvalue weighted by Gasteiger charge is -2.57. The summed E-state index contributed by atoms with van der Waals surface area (Å²) in [7, 11) is 0. The van der Waals surface area contributed by atoms with Gasteiger partial charge in [0, 0.05) is 6.42 Å². The second kappa shape index (κ2) is 6.89. The highest BCUT2D eigenvalue weighted by molar-refractivity contribution is 5.75. The molecule has 2 rings (SSSR count). The van der Waals surface area contributed by atoms with Gasteiger partial charge in [-0.15, -0.1) is 0 Å². The third-order valence-electron chi connectivity index (χ3n) is 6.98. The average molecular weight is 336 g/mol. The molecule has 4 heteroatoms. The highest BCUT2D eigenvalue weighted by Crippen LogP contribution is 2.62. The van der Waals surface area contributed by atoms with E-state index in [1.54, 1.807) is 0 Å². The van der Waals surface area contributed by atoms with Crippen molar-refractivity contribution < 1.29 is 19.8 Å². The number of hydrogen-bond acceptors (Lipinski definition) is 2. The van der Waals surface area contributed by atoms with Gasteiger partial charge in [0.1, 0.15) is 0 Å². The average Bonchev–Trinajstić information content (AvgIpc) is 2.45. The van der Waals surface area contributed by atoms with E-state index in [9.17, 15) is 14.7 Å². The van der Waals surface area contributed by atoms with Crippen molar-refractivity contribution >= 4 is 11.9 Å². The molecule has 1 unspecified atom stereocenters. The molecule has 24 heavy (non-hydrogen) atoms. The summed E-state index contributed by atoms with van der Waals surface area (Å²) < 4.78 is 0. The summed E-state index contributed by atoms with van der Waals surface area (Å²) in [4.78, 5) is 22.9. The normalized spacial score (nSPS) is 37.5. The van der Waals surface area contributed by atoms with Crippen molar-refractivity contribution in [2.45, 2.75) is 72.1 Å². The van der Waals surface area contributed by atoms with Crippen LogP contribution in [0.1, 0.15) is 72.1 Å². The highest BCUT2D eigenvalue weighted by Gasteiger charge is 2.57. The maximum absolute atomic E-state index is 12.0. The Kier molecular flexibility index (Phi) is 5.46. The Labute approximate surface area is 145 Å². The third kappa shape index (κ3) is 3.38. The first-order chi connectivity index (χ1) is 11.1. The van der Waals surface area contributed by atoms with Crippen LogP contribution in [-0.4, -0.2) is 22.2 Å². The van der Waals surface area contributed by atoms with Crippen molar-refractivity contribution in [1.82, 2.24) is 0 Å². The molecule has 0 saturated heterocycles. The van der Waals surface area contributed by atoms with Gasteiger partial charge in [-0.1, -0.05) is 32.4 Å². The number of carboxylic acids is 2. The molecule has 0 heterocycles. The Morgan fingerprint density at radius 2 is 1.96 bits per heavy atom.